The average molecular weight is 262 g/mol. The Morgan fingerprint density at radius 3 is 2.69 bits per heavy atom. The quantitative estimate of drug-likeness (QED) is 0.731. The van der Waals surface area contributed by atoms with Crippen LogP contribution in [-0.4, -0.2) is 37.6 Å². The lowest BCUT2D eigenvalue weighted by molar-refractivity contribution is 0.181. The summed E-state index contributed by atoms with van der Waals surface area (Å²) in [7, 11) is 3.68. The average Bonchev–Trinajstić information content (AvgIpc) is 2.21. The summed E-state index contributed by atoms with van der Waals surface area (Å²) in [5.41, 5.74) is 1.12. The molecular weight excluding hydrogens is 245 g/mol. The summed E-state index contributed by atoms with van der Waals surface area (Å²) in [4.78, 5) is 2.14. The molecule has 1 aromatic rings. The van der Waals surface area contributed by atoms with Crippen molar-refractivity contribution in [3.63, 3.8) is 0 Å². The minimum absolute atomic E-state index is 0.0116. The lowest BCUT2D eigenvalue weighted by atomic mass is 10.2. The summed E-state index contributed by atoms with van der Waals surface area (Å²) in [5, 5.41) is 0.810. The largest absolute Gasteiger partial charge is 0.383 e. The van der Waals surface area contributed by atoms with Gasteiger partial charge in [-0.05, 0) is 18.7 Å². The zero-order valence-electron chi connectivity index (χ0n) is 9.62. The third-order valence-electron chi connectivity index (χ3n) is 2.26. The maximum absolute atomic E-state index is 6.08. The van der Waals surface area contributed by atoms with Crippen molar-refractivity contribution in [2.24, 2.45) is 0 Å². The molecule has 16 heavy (non-hydrogen) atoms. The summed E-state index contributed by atoms with van der Waals surface area (Å²) in [5.74, 6) is 0. The highest BCUT2D eigenvalue weighted by atomic mass is 35.5. The molecular formula is C12H17Cl2NO. The third kappa shape index (κ3) is 4.71. The van der Waals surface area contributed by atoms with E-state index in [4.69, 9.17) is 27.9 Å². The normalized spacial score (nSPS) is 13.1. The van der Waals surface area contributed by atoms with Gasteiger partial charge in [-0.3, -0.25) is 0 Å². The molecule has 1 unspecified atom stereocenters. The Labute approximate surface area is 107 Å². The van der Waals surface area contributed by atoms with Gasteiger partial charge < -0.3 is 9.64 Å². The predicted molar refractivity (Wildman–Crippen MR) is 69.3 cm³/mol. The smallest absolute Gasteiger partial charge is 0.0696 e. The number of alkyl halides is 1. The molecule has 0 saturated heterocycles. The number of hydrogen-bond donors (Lipinski definition) is 0. The van der Waals surface area contributed by atoms with Crippen LogP contribution in [0.2, 0.25) is 5.02 Å². The van der Waals surface area contributed by atoms with Gasteiger partial charge in [-0.1, -0.05) is 29.8 Å². The maximum atomic E-state index is 6.08. The van der Waals surface area contributed by atoms with Gasteiger partial charge in [0.2, 0.25) is 0 Å². The van der Waals surface area contributed by atoms with Crippen LogP contribution in [0.3, 0.4) is 0 Å². The highest BCUT2D eigenvalue weighted by molar-refractivity contribution is 6.31. The molecule has 0 fully saturated rings. The van der Waals surface area contributed by atoms with Crippen LogP contribution in [0, 0.1) is 0 Å². The van der Waals surface area contributed by atoms with Crippen LogP contribution in [0.25, 0.3) is 0 Å². The fourth-order valence-corrected chi connectivity index (χ4v) is 2.11. The van der Waals surface area contributed by atoms with Crippen LogP contribution >= 0.6 is 23.2 Å². The van der Waals surface area contributed by atoms with Crippen molar-refractivity contribution >= 4 is 23.2 Å². The van der Waals surface area contributed by atoms with Gasteiger partial charge in [0.25, 0.3) is 0 Å². The van der Waals surface area contributed by atoms with E-state index >= 15 is 0 Å². The minimum atomic E-state index is 0.0116. The number of rotatable bonds is 6. The summed E-state index contributed by atoms with van der Waals surface area (Å²) >= 11 is 12.2. The Morgan fingerprint density at radius 2 is 2.06 bits per heavy atom. The molecule has 2 nitrogen and oxygen atoms in total. The van der Waals surface area contributed by atoms with Crippen LogP contribution in [0.1, 0.15) is 5.56 Å². The third-order valence-corrected chi connectivity index (χ3v) is 2.89. The van der Waals surface area contributed by atoms with Crippen molar-refractivity contribution in [3.05, 3.63) is 34.9 Å². The molecule has 0 aromatic heterocycles. The van der Waals surface area contributed by atoms with Crippen molar-refractivity contribution in [1.82, 2.24) is 4.90 Å². The van der Waals surface area contributed by atoms with Crippen LogP contribution in [-0.2, 0) is 11.3 Å². The zero-order valence-corrected chi connectivity index (χ0v) is 11.1. The standard InChI is InChI=1S/C12H17Cl2NO/c1-15(8-11(13)9-16-2)7-10-5-3-4-6-12(10)14/h3-6,11H,7-9H2,1-2H3. The van der Waals surface area contributed by atoms with Crippen molar-refractivity contribution in [2.75, 3.05) is 27.3 Å². The fraction of sp³-hybridized carbons (Fsp3) is 0.500. The lowest BCUT2D eigenvalue weighted by Gasteiger charge is -2.20. The van der Waals surface area contributed by atoms with Crippen LogP contribution < -0.4 is 0 Å². The molecule has 0 spiro atoms. The number of hydrogen-bond acceptors (Lipinski definition) is 2. The molecule has 0 saturated carbocycles. The Kier molecular flexibility index (Phi) is 6.14. The number of methoxy groups -OCH3 is 1. The van der Waals surface area contributed by atoms with Crippen molar-refractivity contribution in [2.45, 2.75) is 11.9 Å². The van der Waals surface area contributed by atoms with E-state index in [-0.39, 0.29) is 5.38 Å². The molecule has 0 N–H and O–H groups in total. The van der Waals surface area contributed by atoms with Gasteiger partial charge in [0.05, 0.1) is 12.0 Å². The first kappa shape index (κ1) is 13.8. The highest BCUT2D eigenvalue weighted by Crippen LogP contribution is 2.16. The van der Waals surface area contributed by atoms with Crippen LogP contribution in [0.5, 0.6) is 0 Å². The fourth-order valence-electron chi connectivity index (χ4n) is 1.55. The molecule has 0 aliphatic rings. The SMILES string of the molecule is COCC(Cl)CN(C)Cc1ccccc1Cl. The molecule has 0 aliphatic carbocycles. The number of ether oxygens (including phenoxy) is 1. The molecule has 4 heteroatoms. The molecule has 1 aromatic carbocycles. The van der Waals surface area contributed by atoms with E-state index in [1.807, 2.05) is 31.3 Å². The molecule has 0 aliphatic heterocycles. The summed E-state index contributed by atoms with van der Waals surface area (Å²) in [6.07, 6.45) is 0. The Morgan fingerprint density at radius 1 is 1.38 bits per heavy atom. The summed E-state index contributed by atoms with van der Waals surface area (Å²) in [6, 6.07) is 7.85. The van der Waals surface area contributed by atoms with Gasteiger partial charge >= 0.3 is 0 Å². The van der Waals surface area contributed by atoms with E-state index in [1.54, 1.807) is 7.11 Å². The molecule has 0 bridgehead atoms. The number of nitrogens with zero attached hydrogens (tertiary/aromatic N) is 1. The van der Waals surface area contributed by atoms with Crippen molar-refractivity contribution in [3.8, 4) is 0 Å². The van der Waals surface area contributed by atoms with Gasteiger partial charge in [-0.2, -0.15) is 0 Å². The Balaban J connectivity index is 2.45. The molecule has 1 rings (SSSR count). The second kappa shape index (κ2) is 7.13. The monoisotopic (exact) mass is 261 g/mol. The van der Waals surface area contributed by atoms with Gasteiger partial charge in [0, 0.05) is 25.2 Å². The molecule has 0 amide bonds. The molecule has 90 valence electrons. The van der Waals surface area contributed by atoms with Crippen LogP contribution in [0.4, 0.5) is 0 Å². The molecule has 0 heterocycles. The molecule has 0 radical (unpaired) electrons. The van der Waals surface area contributed by atoms with E-state index < -0.39 is 0 Å². The molecule has 1 atom stereocenters. The second-order valence-electron chi connectivity index (χ2n) is 3.84. The lowest BCUT2D eigenvalue weighted by Crippen LogP contribution is -2.28. The van der Waals surface area contributed by atoms with E-state index in [1.165, 1.54) is 0 Å². The maximum Gasteiger partial charge on any atom is 0.0696 e. The van der Waals surface area contributed by atoms with Gasteiger partial charge in [-0.25, -0.2) is 0 Å². The first-order chi connectivity index (χ1) is 7.63. The van der Waals surface area contributed by atoms with Crippen LogP contribution in [0.15, 0.2) is 24.3 Å². The first-order valence-corrected chi connectivity index (χ1v) is 6.00. The van der Waals surface area contributed by atoms with Gasteiger partial charge in [0.1, 0.15) is 0 Å². The van der Waals surface area contributed by atoms with E-state index in [0.29, 0.717) is 6.61 Å². The second-order valence-corrected chi connectivity index (χ2v) is 4.87. The van der Waals surface area contributed by atoms with Gasteiger partial charge in [-0.15, -0.1) is 11.6 Å². The van der Waals surface area contributed by atoms with Crippen molar-refractivity contribution in [1.29, 1.82) is 0 Å². The number of halogens is 2. The van der Waals surface area contributed by atoms with E-state index in [0.717, 1.165) is 23.7 Å². The summed E-state index contributed by atoms with van der Waals surface area (Å²) in [6.45, 7) is 2.14. The summed E-state index contributed by atoms with van der Waals surface area (Å²) < 4.78 is 4.99. The first-order valence-electron chi connectivity index (χ1n) is 5.18. The Hall–Kier alpha value is -0.280. The minimum Gasteiger partial charge on any atom is -0.383 e. The van der Waals surface area contributed by atoms with E-state index in [2.05, 4.69) is 4.90 Å². The predicted octanol–water partition coefficient (Wildman–Crippen LogP) is 3.03. The van der Waals surface area contributed by atoms with E-state index in [9.17, 15) is 0 Å². The van der Waals surface area contributed by atoms with Crippen molar-refractivity contribution < 1.29 is 4.74 Å². The van der Waals surface area contributed by atoms with Gasteiger partial charge in [0.15, 0.2) is 0 Å². The highest BCUT2D eigenvalue weighted by Gasteiger charge is 2.09. The Bertz CT molecular complexity index is 320. The number of benzene rings is 1. The zero-order chi connectivity index (χ0) is 12.0. The topological polar surface area (TPSA) is 12.5 Å².